The van der Waals surface area contributed by atoms with E-state index in [4.69, 9.17) is 14.5 Å². The Bertz CT molecular complexity index is 1120. The number of aliphatic imine (C=N–C) groups is 1. The van der Waals surface area contributed by atoms with Crippen LogP contribution in [0.5, 0.6) is 5.75 Å². The third kappa shape index (κ3) is 5.72. The van der Waals surface area contributed by atoms with Crippen LogP contribution in [-0.4, -0.2) is 59.4 Å². The Labute approximate surface area is 201 Å². The van der Waals surface area contributed by atoms with Crippen molar-refractivity contribution in [2.24, 2.45) is 4.99 Å². The van der Waals surface area contributed by atoms with Crippen molar-refractivity contribution in [3.8, 4) is 5.75 Å². The molecule has 34 heavy (non-hydrogen) atoms. The molecule has 10 nitrogen and oxygen atoms in total. The summed E-state index contributed by atoms with van der Waals surface area (Å²) in [7, 11) is 2.91. The van der Waals surface area contributed by atoms with Crippen LogP contribution in [0.2, 0.25) is 0 Å². The van der Waals surface area contributed by atoms with E-state index in [2.05, 4.69) is 5.32 Å². The number of rotatable bonds is 9. The number of hydrogen-bond donors (Lipinski definition) is 1. The molecule has 180 valence electrons. The molecule has 2 amide bonds. The molecule has 1 atom stereocenters. The van der Waals surface area contributed by atoms with Gasteiger partial charge in [0.05, 0.1) is 42.6 Å². The fourth-order valence-electron chi connectivity index (χ4n) is 3.46. The maximum absolute atomic E-state index is 13.1. The standard InChI is InChI=1S/C23H26N4O6S/c1-14-6-5-7-15(2)21(14)25-23-26(10-11-32-3)22(29)19(34-23)13-20(28)24-17-9-8-16(27(30)31)12-18(17)33-4/h5-9,12,19H,10-11,13H2,1-4H3,(H,24,28). The summed E-state index contributed by atoms with van der Waals surface area (Å²) < 4.78 is 10.3. The van der Waals surface area contributed by atoms with E-state index in [1.165, 1.54) is 37.1 Å². The summed E-state index contributed by atoms with van der Waals surface area (Å²) in [5.41, 5.74) is 2.89. The second-order valence-electron chi connectivity index (χ2n) is 7.62. The van der Waals surface area contributed by atoms with Crippen molar-refractivity contribution in [3.63, 3.8) is 0 Å². The Morgan fingerprint density at radius 2 is 1.94 bits per heavy atom. The number of para-hydroxylation sites is 1. The summed E-state index contributed by atoms with van der Waals surface area (Å²) in [5, 5.41) is 13.5. The number of non-ortho nitro benzene ring substituents is 1. The van der Waals surface area contributed by atoms with E-state index in [1.807, 2.05) is 32.0 Å². The molecule has 1 aliphatic heterocycles. The average Bonchev–Trinajstić information content (AvgIpc) is 3.08. The van der Waals surface area contributed by atoms with Gasteiger partial charge in [-0.3, -0.25) is 24.6 Å². The number of carbonyl (C=O) groups is 2. The van der Waals surface area contributed by atoms with Crippen molar-refractivity contribution in [2.45, 2.75) is 25.5 Å². The summed E-state index contributed by atoms with van der Waals surface area (Å²) in [6.45, 7) is 4.56. The summed E-state index contributed by atoms with van der Waals surface area (Å²) >= 11 is 1.23. The minimum Gasteiger partial charge on any atom is -0.494 e. The molecule has 1 heterocycles. The average molecular weight is 487 g/mol. The number of nitrogens with zero attached hydrogens (tertiary/aromatic N) is 3. The van der Waals surface area contributed by atoms with E-state index in [0.29, 0.717) is 18.3 Å². The third-order valence-corrected chi connectivity index (χ3v) is 6.40. The van der Waals surface area contributed by atoms with Crippen LogP contribution in [0.1, 0.15) is 17.5 Å². The molecule has 1 aliphatic rings. The Kier molecular flexibility index (Phi) is 8.24. The highest BCUT2D eigenvalue weighted by molar-refractivity contribution is 8.15. The number of nitro benzene ring substituents is 1. The highest BCUT2D eigenvalue weighted by atomic mass is 32.2. The Morgan fingerprint density at radius 3 is 2.56 bits per heavy atom. The molecular formula is C23H26N4O6S. The molecule has 0 saturated carbocycles. The number of carbonyl (C=O) groups excluding carboxylic acids is 2. The fraction of sp³-hybridized carbons (Fsp3) is 0.348. The molecule has 0 aliphatic carbocycles. The lowest BCUT2D eigenvalue weighted by molar-refractivity contribution is -0.384. The molecule has 1 fully saturated rings. The number of methoxy groups -OCH3 is 2. The first-order chi connectivity index (χ1) is 16.2. The zero-order chi connectivity index (χ0) is 24.8. The molecule has 1 unspecified atom stereocenters. The van der Waals surface area contributed by atoms with Gasteiger partial charge in [-0.25, -0.2) is 4.99 Å². The molecule has 0 aromatic heterocycles. The van der Waals surface area contributed by atoms with Crippen LogP contribution < -0.4 is 10.1 Å². The zero-order valence-electron chi connectivity index (χ0n) is 19.4. The first-order valence-corrected chi connectivity index (χ1v) is 11.4. The SMILES string of the molecule is COCCN1C(=O)C(CC(=O)Nc2ccc([N+](=O)[O-])cc2OC)SC1=Nc1c(C)cccc1C. The summed E-state index contributed by atoms with van der Waals surface area (Å²) in [6.07, 6.45) is -0.0983. The van der Waals surface area contributed by atoms with Crippen molar-refractivity contribution in [3.05, 3.63) is 57.6 Å². The van der Waals surface area contributed by atoms with Crippen LogP contribution in [0, 0.1) is 24.0 Å². The first-order valence-electron chi connectivity index (χ1n) is 10.5. The van der Waals surface area contributed by atoms with Crippen molar-refractivity contribution in [1.82, 2.24) is 4.90 Å². The highest BCUT2D eigenvalue weighted by Crippen LogP contribution is 2.34. The normalized spacial score (nSPS) is 16.7. The second-order valence-corrected chi connectivity index (χ2v) is 8.79. The predicted molar refractivity (Wildman–Crippen MR) is 131 cm³/mol. The van der Waals surface area contributed by atoms with Gasteiger partial charge >= 0.3 is 0 Å². The molecule has 1 N–H and O–H groups in total. The van der Waals surface area contributed by atoms with Gasteiger partial charge in [0, 0.05) is 19.6 Å². The van der Waals surface area contributed by atoms with Crippen LogP contribution in [-0.2, 0) is 14.3 Å². The van der Waals surface area contributed by atoms with Crippen molar-refractivity contribution in [2.75, 3.05) is 32.7 Å². The molecule has 0 spiro atoms. The number of anilines is 1. The summed E-state index contributed by atoms with van der Waals surface area (Å²) in [4.78, 5) is 42.6. The molecule has 3 rings (SSSR count). The van der Waals surface area contributed by atoms with Crippen LogP contribution >= 0.6 is 11.8 Å². The van der Waals surface area contributed by atoms with E-state index < -0.39 is 16.1 Å². The molecule has 11 heteroatoms. The van der Waals surface area contributed by atoms with Gasteiger partial charge < -0.3 is 14.8 Å². The largest absolute Gasteiger partial charge is 0.494 e. The summed E-state index contributed by atoms with van der Waals surface area (Å²) in [6, 6.07) is 9.76. The van der Waals surface area contributed by atoms with Crippen LogP contribution in [0.4, 0.5) is 17.1 Å². The predicted octanol–water partition coefficient (Wildman–Crippen LogP) is 3.83. The second kappa shape index (κ2) is 11.1. The molecular weight excluding hydrogens is 460 g/mol. The number of thioether (sulfide) groups is 1. The number of benzene rings is 2. The molecule has 2 aromatic rings. The monoisotopic (exact) mass is 486 g/mol. The topological polar surface area (TPSA) is 123 Å². The zero-order valence-corrected chi connectivity index (χ0v) is 20.2. The Hall–Kier alpha value is -3.44. The molecule has 0 bridgehead atoms. The van der Waals surface area contributed by atoms with Gasteiger partial charge in [-0.15, -0.1) is 0 Å². The van der Waals surface area contributed by atoms with Gasteiger partial charge in [0.25, 0.3) is 5.69 Å². The van der Waals surface area contributed by atoms with E-state index in [1.54, 1.807) is 12.0 Å². The lowest BCUT2D eigenvalue weighted by atomic mass is 10.1. The van der Waals surface area contributed by atoms with E-state index in [9.17, 15) is 19.7 Å². The molecule has 2 aromatic carbocycles. The Morgan fingerprint density at radius 1 is 1.24 bits per heavy atom. The van der Waals surface area contributed by atoms with Gasteiger partial charge in [-0.05, 0) is 31.0 Å². The number of ether oxygens (including phenoxy) is 2. The fourth-order valence-corrected chi connectivity index (χ4v) is 4.63. The van der Waals surface area contributed by atoms with E-state index >= 15 is 0 Å². The van der Waals surface area contributed by atoms with Gasteiger partial charge in [0.1, 0.15) is 11.0 Å². The number of nitrogens with one attached hydrogen (secondary N) is 1. The smallest absolute Gasteiger partial charge is 0.273 e. The highest BCUT2D eigenvalue weighted by Gasteiger charge is 2.39. The minimum absolute atomic E-state index is 0.0983. The van der Waals surface area contributed by atoms with Gasteiger partial charge in [-0.1, -0.05) is 30.0 Å². The Balaban J connectivity index is 1.79. The molecule has 0 radical (unpaired) electrons. The van der Waals surface area contributed by atoms with Gasteiger partial charge in [0.2, 0.25) is 11.8 Å². The summed E-state index contributed by atoms with van der Waals surface area (Å²) in [5.74, 6) is -0.483. The van der Waals surface area contributed by atoms with Crippen molar-refractivity contribution in [1.29, 1.82) is 0 Å². The quantitative estimate of drug-likeness (QED) is 0.422. The van der Waals surface area contributed by atoms with Crippen LogP contribution in [0.3, 0.4) is 0 Å². The number of nitro groups is 1. The van der Waals surface area contributed by atoms with Crippen molar-refractivity contribution < 1.29 is 24.0 Å². The number of amidine groups is 1. The lowest BCUT2D eigenvalue weighted by Crippen LogP contribution is -2.35. The first kappa shape index (κ1) is 25.2. The number of amides is 2. The van der Waals surface area contributed by atoms with Crippen LogP contribution in [0.15, 0.2) is 41.4 Å². The number of hydrogen-bond acceptors (Lipinski definition) is 8. The van der Waals surface area contributed by atoms with E-state index in [0.717, 1.165) is 16.8 Å². The maximum atomic E-state index is 13.1. The van der Waals surface area contributed by atoms with Gasteiger partial charge in [-0.2, -0.15) is 0 Å². The molecule has 1 saturated heterocycles. The van der Waals surface area contributed by atoms with E-state index in [-0.39, 0.29) is 29.5 Å². The van der Waals surface area contributed by atoms with Crippen molar-refractivity contribution >= 4 is 45.8 Å². The van der Waals surface area contributed by atoms with Gasteiger partial charge in [0.15, 0.2) is 5.17 Å². The third-order valence-electron chi connectivity index (χ3n) is 5.23. The minimum atomic E-state index is -0.663. The number of aryl methyl sites for hydroxylation is 2. The lowest BCUT2D eigenvalue weighted by Gasteiger charge is -2.16. The van der Waals surface area contributed by atoms with Crippen LogP contribution in [0.25, 0.3) is 0 Å². The maximum Gasteiger partial charge on any atom is 0.273 e.